The lowest BCUT2D eigenvalue weighted by atomic mass is 10.4. The van der Waals surface area contributed by atoms with Crippen LogP contribution in [0.3, 0.4) is 0 Å². The molecule has 0 aliphatic rings. The van der Waals surface area contributed by atoms with Crippen molar-refractivity contribution in [2.45, 2.75) is 62.3 Å². The lowest BCUT2D eigenvalue weighted by Gasteiger charge is -1.67. The van der Waals surface area contributed by atoms with Crippen molar-refractivity contribution >= 4 is 34.2 Å². The van der Waals surface area contributed by atoms with Crippen molar-refractivity contribution in [3.8, 4) is 0 Å². The van der Waals surface area contributed by atoms with Gasteiger partial charge in [-0.3, -0.25) is 9.97 Å². The average Bonchev–Trinajstić information content (AvgIpc) is 3.98. The number of rotatable bonds is 0. The van der Waals surface area contributed by atoms with Gasteiger partial charge >= 0.3 is 0 Å². The third kappa shape index (κ3) is 28.8. The first-order chi connectivity index (χ1) is 26.0. The Labute approximate surface area is 326 Å². The second kappa shape index (κ2) is 30.7. The summed E-state index contributed by atoms with van der Waals surface area (Å²) in [5.41, 5.74) is 4.75. The second-order valence-electron chi connectivity index (χ2n) is 10.0. The molecule has 9 aromatic heterocycles. The Morgan fingerprint density at radius 2 is 1.43 bits per heavy atom. The predicted molar refractivity (Wildman–Crippen MR) is 208 cm³/mol. The van der Waals surface area contributed by atoms with Crippen LogP contribution in [-0.2, 0) is 0 Å². The van der Waals surface area contributed by atoms with Crippen molar-refractivity contribution in [1.82, 2.24) is 44.8 Å². The van der Waals surface area contributed by atoms with E-state index >= 15 is 0 Å². The molecule has 54 heavy (non-hydrogen) atoms. The first-order valence-corrected chi connectivity index (χ1v) is 18.3. The van der Waals surface area contributed by atoms with Gasteiger partial charge in [-0.2, -0.15) is 0 Å². The lowest BCUT2D eigenvalue weighted by molar-refractivity contribution is 0.397. The first-order valence-electron chi connectivity index (χ1n) is 15.8. The third-order valence-electron chi connectivity index (χ3n) is 5.04. The summed E-state index contributed by atoms with van der Waals surface area (Å²) < 4.78 is 31.4. The van der Waals surface area contributed by atoms with E-state index in [1.165, 1.54) is 34.1 Å². The zero-order valence-corrected chi connectivity index (χ0v) is 34.0. The Morgan fingerprint density at radius 3 is 1.59 bits per heavy atom. The fourth-order valence-corrected chi connectivity index (χ4v) is 3.77. The van der Waals surface area contributed by atoms with Crippen LogP contribution in [0.2, 0.25) is 0 Å². The fraction of sp³-hybridized carbons (Fsp3) is 0.250. The third-order valence-corrected chi connectivity index (χ3v) is 7.09. The maximum atomic E-state index is 4.72. The van der Waals surface area contributed by atoms with E-state index in [9.17, 15) is 0 Å². The minimum absolute atomic E-state index is 0.718. The molecule has 0 radical (unpaired) electrons. The van der Waals surface area contributed by atoms with Gasteiger partial charge in [-0.1, -0.05) is 15.5 Å². The van der Waals surface area contributed by atoms with Crippen LogP contribution in [0.15, 0.2) is 137 Å². The van der Waals surface area contributed by atoms with Crippen molar-refractivity contribution in [3.63, 3.8) is 0 Å². The maximum absolute atomic E-state index is 4.72. The molecule has 9 heterocycles. The van der Waals surface area contributed by atoms with E-state index in [0.717, 1.165) is 39.4 Å². The molecule has 288 valence electrons. The Morgan fingerprint density at radius 1 is 0.593 bits per heavy atom. The molecule has 9 rings (SSSR count). The minimum Gasteiger partial charge on any atom is -0.452 e. The van der Waals surface area contributed by atoms with E-state index in [1.807, 2.05) is 78.5 Å². The van der Waals surface area contributed by atoms with E-state index < -0.39 is 0 Å². The normalized spacial score (nSPS) is 8.83. The van der Waals surface area contributed by atoms with Gasteiger partial charge in [0.2, 0.25) is 0 Å². The number of thiazole rings is 2. The smallest absolute Gasteiger partial charge is 0.190 e. The SMILES string of the molecule is Cc1ccno1.Cc1ccns1.Cc1ccon1.Cc1cnco1.Cc1cncs1.Cc1cnoc1.Cc1cocn1.Cc1ncco1.Cc1nccs1. The molecule has 0 aromatic carbocycles. The van der Waals surface area contributed by atoms with Crippen LogP contribution in [-0.4, -0.2) is 44.8 Å². The maximum Gasteiger partial charge on any atom is 0.190 e. The summed E-state index contributed by atoms with van der Waals surface area (Å²) in [7, 11) is 0. The molecule has 0 aliphatic carbocycles. The van der Waals surface area contributed by atoms with E-state index in [0.29, 0.717) is 0 Å². The van der Waals surface area contributed by atoms with Gasteiger partial charge in [0, 0.05) is 58.3 Å². The molecular weight excluding hydrogens is 751 g/mol. The van der Waals surface area contributed by atoms with E-state index in [-0.39, 0.29) is 0 Å². The minimum atomic E-state index is 0.718. The largest absolute Gasteiger partial charge is 0.452 e. The zero-order valence-electron chi connectivity index (χ0n) is 31.6. The van der Waals surface area contributed by atoms with Gasteiger partial charge in [0.15, 0.2) is 18.7 Å². The van der Waals surface area contributed by atoms with Crippen LogP contribution in [0.25, 0.3) is 0 Å². The molecule has 0 atom stereocenters. The molecule has 0 spiro atoms. The fourth-order valence-electron chi connectivity index (χ4n) is 2.51. The molecule has 0 saturated carbocycles. The van der Waals surface area contributed by atoms with Crippen LogP contribution in [0, 0.1) is 62.3 Å². The highest BCUT2D eigenvalue weighted by molar-refractivity contribution is 7.09. The summed E-state index contributed by atoms with van der Waals surface area (Å²) in [6.45, 7) is 17.3. The number of hydrogen-bond donors (Lipinski definition) is 0. The van der Waals surface area contributed by atoms with Crippen molar-refractivity contribution < 1.29 is 26.8 Å². The van der Waals surface area contributed by atoms with Gasteiger partial charge in [-0.15, -0.1) is 22.7 Å². The summed E-state index contributed by atoms with van der Waals surface area (Å²) in [6.07, 6.45) is 21.2. The van der Waals surface area contributed by atoms with Gasteiger partial charge in [0.1, 0.15) is 36.6 Å². The van der Waals surface area contributed by atoms with Crippen LogP contribution in [0.5, 0.6) is 0 Å². The lowest BCUT2D eigenvalue weighted by Crippen LogP contribution is -1.59. The van der Waals surface area contributed by atoms with Crippen molar-refractivity contribution in [2.75, 3.05) is 0 Å². The van der Waals surface area contributed by atoms with E-state index in [2.05, 4.69) is 62.7 Å². The quantitative estimate of drug-likeness (QED) is 0.140. The summed E-state index contributed by atoms with van der Waals surface area (Å²) in [5.74, 6) is 2.43. The standard InChI is InChI=1S/6C4H5NO.3C4H5NS/c1-4-2-6-3-5-4;1-4-2-5-3-6-4;1-4-2-5-6-3-4;1-4-5-2-3-6-4;1-4-2-3-6-5-4;1-4-2-3-5-6-4;1-4-2-5-3-6-4;1-4-5-2-3-6-4;1-4-2-3-5-6-4/h9*2-3H,1H3. The van der Waals surface area contributed by atoms with Gasteiger partial charge in [0.25, 0.3) is 0 Å². The summed E-state index contributed by atoms with van der Waals surface area (Å²) in [4.78, 5) is 21.5. The Balaban J connectivity index is 0.000000304. The molecule has 18 heteroatoms. The van der Waals surface area contributed by atoms with Gasteiger partial charge in [-0.25, -0.2) is 19.3 Å². The Kier molecular flexibility index (Phi) is 26.3. The molecule has 0 amide bonds. The van der Waals surface area contributed by atoms with Crippen molar-refractivity contribution in [2.24, 2.45) is 0 Å². The molecule has 0 bridgehead atoms. The Bertz CT molecular complexity index is 1470. The molecule has 0 aliphatic heterocycles. The van der Waals surface area contributed by atoms with Gasteiger partial charge < -0.3 is 26.8 Å². The molecule has 0 fully saturated rings. The first kappa shape index (κ1) is 46.2. The number of nitrogens with zero attached hydrogens (tertiary/aromatic N) is 9. The van der Waals surface area contributed by atoms with Gasteiger partial charge in [-0.05, 0) is 73.0 Å². The number of aromatic nitrogens is 9. The highest BCUT2D eigenvalue weighted by Crippen LogP contribution is 2.00. The summed E-state index contributed by atoms with van der Waals surface area (Å²) >= 11 is 4.86. The number of hydrogen-bond acceptors (Lipinski definition) is 18. The predicted octanol–water partition coefficient (Wildman–Crippen LogP) is 10.3. The van der Waals surface area contributed by atoms with Crippen molar-refractivity contribution in [3.05, 3.63) is 159 Å². The number of oxazole rings is 3. The molecule has 9 aromatic rings. The second-order valence-corrected chi connectivity index (χ2v) is 13.3. The molecule has 0 unspecified atom stereocenters. The van der Waals surface area contributed by atoms with E-state index in [4.69, 9.17) is 8.83 Å². The monoisotopic (exact) mass is 795 g/mol. The van der Waals surface area contributed by atoms with Crippen molar-refractivity contribution in [1.29, 1.82) is 0 Å². The molecule has 15 nitrogen and oxygen atoms in total. The molecule has 0 saturated heterocycles. The summed E-state index contributed by atoms with van der Waals surface area (Å²) in [6, 6.07) is 5.60. The Hall–Kier alpha value is -5.85. The number of aryl methyl sites for hydroxylation is 9. The zero-order chi connectivity index (χ0) is 39.7. The average molecular weight is 796 g/mol. The molecule has 0 N–H and O–H groups in total. The molecular formula is C36H45N9O6S3. The highest BCUT2D eigenvalue weighted by Gasteiger charge is 1.81. The van der Waals surface area contributed by atoms with Crippen LogP contribution < -0.4 is 0 Å². The van der Waals surface area contributed by atoms with Crippen LogP contribution in [0.4, 0.5) is 0 Å². The van der Waals surface area contributed by atoms with Crippen LogP contribution >= 0.6 is 34.2 Å². The topological polar surface area (TPSA) is 195 Å². The van der Waals surface area contributed by atoms with Crippen LogP contribution in [0.1, 0.15) is 49.1 Å². The summed E-state index contributed by atoms with van der Waals surface area (Å²) in [5, 5.41) is 13.5. The van der Waals surface area contributed by atoms with E-state index in [1.54, 1.807) is 104 Å². The highest BCUT2D eigenvalue weighted by atomic mass is 32.1. The van der Waals surface area contributed by atoms with Gasteiger partial charge in [0.05, 0.1) is 46.7 Å².